The van der Waals surface area contributed by atoms with Gasteiger partial charge in [-0.25, -0.2) is 9.78 Å². The number of hydrogen-bond donors (Lipinski definition) is 2. The molecule has 0 aliphatic rings. The highest BCUT2D eigenvalue weighted by Gasteiger charge is 2.23. The molecule has 1 heterocycles. The summed E-state index contributed by atoms with van der Waals surface area (Å²) in [6.07, 6.45) is -0.962. The number of aryl methyl sites for hydroxylation is 1. The van der Waals surface area contributed by atoms with Crippen LogP contribution in [0.5, 0.6) is 5.75 Å². The Balaban J connectivity index is 1.80. The van der Waals surface area contributed by atoms with Crippen molar-refractivity contribution in [1.82, 2.24) is 10.3 Å². The summed E-state index contributed by atoms with van der Waals surface area (Å²) in [6, 6.07) is 14.8. The second kappa shape index (κ2) is 11.3. The number of amides is 1. The van der Waals surface area contributed by atoms with Crippen molar-refractivity contribution in [3.8, 4) is 16.3 Å². The molecule has 0 saturated carbocycles. The van der Waals surface area contributed by atoms with Gasteiger partial charge < -0.3 is 19.9 Å². The largest absolute Gasteiger partial charge is 0.496 e. The number of rotatable bonds is 10. The molecule has 180 valence electrons. The quantitative estimate of drug-likeness (QED) is 0.420. The molecule has 1 aromatic heterocycles. The van der Waals surface area contributed by atoms with Gasteiger partial charge in [-0.1, -0.05) is 36.4 Å². The van der Waals surface area contributed by atoms with E-state index in [9.17, 15) is 14.7 Å². The van der Waals surface area contributed by atoms with E-state index in [4.69, 9.17) is 9.47 Å². The van der Waals surface area contributed by atoms with Crippen molar-refractivity contribution in [3.05, 3.63) is 70.2 Å². The van der Waals surface area contributed by atoms with Crippen LogP contribution in [0.1, 0.15) is 53.3 Å². The molecule has 0 spiro atoms. The van der Waals surface area contributed by atoms with Crippen LogP contribution < -0.4 is 10.1 Å². The number of aromatic nitrogens is 1. The standard InChI is InChI=1S/C26H30N2O5S/c1-15(2)33-22(26(30)31)14-18-11-12-21(32-5)20(13-18)16(3)27-24(29)23-17(4)34-25(28-23)19-9-7-6-8-10-19/h6-13,15-16,22H,14H2,1-5H3,(H,27,29)(H,30,31). The van der Waals surface area contributed by atoms with Gasteiger partial charge in [0.05, 0.1) is 19.3 Å². The second-order valence-electron chi connectivity index (χ2n) is 8.28. The number of ether oxygens (including phenoxy) is 2. The molecule has 0 aliphatic carbocycles. The van der Waals surface area contributed by atoms with Crippen LogP contribution in [0.2, 0.25) is 0 Å². The number of nitrogens with one attached hydrogen (secondary N) is 1. The molecule has 3 rings (SSSR count). The summed E-state index contributed by atoms with van der Waals surface area (Å²) in [5.74, 6) is -0.684. The van der Waals surface area contributed by atoms with E-state index < -0.39 is 18.1 Å². The number of carbonyl (C=O) groups excluding carboxylic acids is 1. The molecule has 34 heavy (non-hydrogen) atoms. The first-order chi connectivity index (χ1) is 16.2. The lowest BCUT2D eigenvalue weighted by Gasteiger charge is -2.20. The van der Waals surface area contributed by atoms with Crippen molar-refractivity contribution < 1.29 is 24.2 Å². The van der Waals surface area contributed by atoms with Crippen LogP contribution in [0.15, 0.2) is 48.5 Å². The summed E-state index contributed by atoms with van der Waals surface area (Å²) in [5, 5.41) is 13.3. The molecule has 0 fully saturated rings. The molecule has 2 aromatic carbocycles. The van der Waals surface area contributed by atoms with Crippen molar-refractivity contribution >= 4 is 23.2 Å². The van der Waals surface area contributed by atoms with Crippen LogP contribution in [0.25, 0.3) is 10.6 Å². The molecule has 2 N–H and O–H groups in total. The average Bonchev–Trinajstić information content (AvgIpc) is 3.20. The third-order valence-electron chi connectivity index (χ3n) is 5.27. The Morgan fingerprint density at radius 2 is 1.82 bits per heavy atom. The normalized spacial score (nSPS) is 12.9. The van der Waals surface area contributed by atoms with Crippen molar-refractivity contribution in [3.63, 3.8) is 0 Å². The minimum absolute atomic E-state index is 0.205. The predicted molar refractivity (Wildman–Crippen MR) is 133 cm³/mol. The van der Waals surface area contributed by atoms with Crippen molar-refractivity contribution in [2.75, 3.05) is 7.11 Å². The number of hydrogen-bond acceptors (Lipinski definition) is 6. The Labute approximate surface area is 203 Å². The van der Waals surface area contributed by atoms with E-state index in [1.54, 1.807) is 27.0 Å². The Kier molecular flexibility index (Phi) is 8.41. The van der Waals surface area contributed by atoms with E-state index in [1.165, 1.54) is 11.3 Å². The maximum Gasteiger partial charge on any atom is 0.333 e. The molecule has 2 atom stereocenters. The highest BCUT2D eigenvalue weighted by Crippen LogP contribution is 2.30. The number of carbonyl (C=O) groups is 2. The van der Waals surface area contributed by atoms with E-state index in [1.807, 2.05) is 56.3 Å². The minimum atomic E-state index is -1.01. The molecule has 0 saturated heterocycles. The molecule has 1 amide bonds. The molecule has 8 heteroatoms. The van der Waals surface area contributed by atoms with Crippen molar-refractivity contribution in [1.29, 1.82) is 0 Å². The fourth-order valence-corrected chi connectivity index (χ4v) is 4.56. The summed E-state index contributed by atoms with van der Waals surface area (Å²) in [6.45, 7) is 7.34. The lowest BCUT2D eigenvalue weighted by atomic mass is 10.00. The zero-order valence-electron chi connectivity index (χ0n) is 20.0. The maximum absolute atomic E-state index is 13.1. The monoisotopic (exact) mass is 482 g/mol. The van der Waals surface area contributed by atoms with Crippen LogP contribution >= 0.6 is 11.3 Å². The third kappa shape index (κ3) is 6.21. The number of carboxylic acids is 1. The Hall–Kier alpha value is -3.23. The summed E-state index contributed by atoms with van der Waals surface area (Å²) in [4.78, 5) is 30.1. The Bertz CT molecular complexity index is 1140. The number of thiazole rings is 1. The van der Waals surface area contributed by atoms with Crippen LogP contribution in [0, 0.1) is 6.92 Å². The Morgan fingerprint density at radius 3 is 2.44 bits per heavy atom. The minimum Gasteiger partial charge on any atom is -0.496 e. The van der Waals surface area contributed by atoms with Crippen LogP contribution in [0.3, 0.4) is 0 Å². The molecule has 0 radical (unpaired) electrons. The molecule has 7 nitrogen and oxygen atoms in total. The number of nitrogens with zero attached hydrogens (tertiary/aromatic N) is 1. The van der Waals surface area contributed by atoms with Gasteiger partial charge in [-0.3, -0.25) is 4.79 Å². The summed E-state index contributed by atoms with van der Waals surface area (Å²) in [7, 11) is 1.56. The van der Waals surface area contributed by atoms with E-state index in [-0.39, 0.29) is 18.4 Å². The average molecular weight is 483 g/mol. The van der Waals surface area contributed by atoms with Gasteiger partial charge in [-0.05, 0) is 45.4 Å². The van der Waals surface area contributed by atoms with Gasteiger partial charge in [0.25, 0.3) is 5.91 Å². The summed E-state index contributed by atoms with van der Waals surface area (Å²) < 4.78 is 11.0. The van der Waals surface area contributed by atoms with E-state index >= 15 is 0 Å². The molecule has 2 unspecified atom stereocenters. The van der Waals surface area contributed by atoms with Crippen LogP contribution in [-0.4, -0.2) is 41.3 Å². The van der Waals surface area contributed by atoms with Gasteiger partial charge in [0, 0.05) is 22.4 Å². The molecule has 3 aromatic rings. The van der Waals surface area contributed by atoms with Crippen molar-refractivity contribution in [2.24, 2.45) is 0 Å². The van der Waals surface area contributed by atoms with Crippen molar-refractivity contribution in [2.45, 2.75) is 52.4 Å². The van der Waals surface area contributed by atoms with Gasteiger partial charge >= 0.3 is 5.97 Å². The molecular weight excluding hydrogens is 452 g/mol. The smallest absolute Gasteiger partial charge is 0.333 e. The zero-order valence-corrected chi connectivity index (χ0v) is 20.8. The highest BCUT2D eigenvalue weighted by molar-refractivity contribution is 7.15. The number of benzene rings is 2. The summed E-state index contributed by atoms with van der Waals surface area (Å²) in [5.41, 5.74) is 2.88. The number of aliphatic carboxylic acids is 1. The first-order valence-corrected chi connectivity index (χ1v) is 11.9. The summed E-state index contributed by atoms with van der Waals surface area (Å²) >= 11 is 1.48. The first-order valence-electron chi connectivity index (χ1n) is 11.1. The fourth-order valence-electron chi connectivity index (χ4n) is 3.64. The maximum atomic E-state index is 13.1. The van der Waals surface area contributed by atoms with Crippen LogP contribution in [0.4, 0.5) is 0 Å². The lowest BCUT2D eigenvalue weighted by molar-refractivity contribution is -0.153. The second-order valence-corrected chi connectivity index (χ2v) is 9.48. The van der Waals surface area contributed by atoms with Gasteiger partial charge in [0.2, 0.25) is 0 Å². The number of carboxylic acid groups (broad SMARTS) is 1. The Morgan fingerprint density at radius 1 is 1.12 bits per heavy atom. The molecule has 0 aliphatic heterocycles. The van der Waals surface area contributed by atoms with Crippen LogP contribution in [-0.2, 0) is 16.0 Å². The van der Waals surface area contributed by atoms with Gasteiger partial charge in [0.15, 0.2) is 6.10 Å². The van der Waals surface area contributed by atoms with E-state index in [2.05, 4.69) is 10.3 Å². The third-order valence-corrected chi connectivity index (χ3v) is 6.29. The number of methoxy groups -OCH3 is 1. The molecular formula is C26H30N2O5S. The predicted octanol–water partition coefficient (Wildman–Crippen LogP) is 5.04. The van der Waals surface area contributed by atoms with Gasteiger partial charge in [-0.2, -0.15) is 0 Å². The lowest BCUT2D eigenvalue weighted by Crippen LogP contribution is -2.30. The van der Waals surface area contributed by atoms with E-state index in [0.717, 1.165) is 26.6 Å². The van der Waals surface area contributed by atoms with Gasteiger partial charge in [-0.15, -0.1) is 11.3 Å². The first kappa shape index (κ1) is 25.4. The van der Waals surface area contributed by atoms with E-state index in [0.29, 0.717) is 11.4 Å². The SMILES string of the molecule is COc1ccc(CC(OC(C)C)C(=O)O)cc1C(C)NC(=O)c1nc(-c2ccccc2)sc1C. The van der Waals surface area contributed by atoms with Gasteiger partial charge in [0.1, 0.15) is 16.5 Å². The molecule has 0 bridgehead atoms. The zero-order chi connectivity index (χ0) is 24.8. The topological polar surface area (TPSA) is 97.8 Å². The highest BCUT2D eigenvalue weighted by atomic mass is 32.1. The fraction of sp³-hybridized carbons (Fsp3) is 0.346.